The highest BCUT2D eigenvalue weighted by molar-refractivity contribution is 5.68. The van der Waals surface area contributed by atoms with Gasteiger partial charge in [-0.2, -0.15) is 0 Å². The fraction of sp³-hybridized carbons (Fsp3) is 0.917. The van der Waals surface area contributed by atoms with Gasteiger partial charge in [-0.25, -0.2) is 4.79 Å². The maximum Gasteiger partial charge on any atom is 0.407 e. The van der Waals surface area contributed by atoms with Crippen LogP contribution in [0.15, 0.2) is 0 Å². The van der Waals surface area contributed by atoms with Crippen LogP contribution in [-0.4, -0.2) is 30.8 Å². The zero-order valence-corrected chi connectivity index (χ0v) is 11.0. The van der Waals surface area contributed by atoms with E-state index in [1.165, 1.54) is 0 Å². The summed E-state index contributed by atoms with van der Waals surface area (Å²) in [6.45, 7) is 11.8. The summed E-state index contributed by atoms with van der Waals surface area (Å²) in [5.41, 5.74) is -0.351. The van der Waals surface area contributed by atoms with Gasteiger partial charge in [0, 0.05) is 12.6 Å². The van der Waals surface area contributed by atoms with E-state index in [0.29, 0.717) is 0 Å². The topological polar surface area (TPSA) is 50.4 Å². The summed E-state index contributed by atoms with van der Waals surface area (Å²) in [6.07, 6.45) is 0.638. The molecule has 94 valence electrons. The Balaban J connectivity index is 2.49. The smallest absolute Gasteiger partial charge is 0.407 e. The van der Waals surface area contributed by atoms with Crippen LogP contribution in [0.1, 0.15) is 41.0 Å². The number of carbonyl (C=O) groups excluding carboxylic acids is 1. The molecule has 1 aliphatic rings. The normalized spacial score (nSPS) is 24.9. The quantitative estimate of drug-likeness (QED) is 0.720. The molecule has 1 fully saturated rings. The van der Waals surface area contributed by atoms with Crippen LogP contribution in [-0.2, 0) is 4.74 Å². The Morgan fingerprint density at radius 1 is 1.44 bits per heavy atom. The number of rotatable bonds is 1. The van der Waals surface area contributed by atoms with Crippen LogP contribution in [0.2, 0.25) is 0 Å². The van der Waals surface area contributed by atoms with Gasteiger partial charge in [0.05, 0.1) is 0 Å². The molecule has 0 aromatic rings. The van der Waals surface area contributed by atoms with Crippen molar-refractivity contribution >= 4 is 6.09 Å². The minimum absolute atomic E-state index is 0.0785. The Morgan fingerprint density at radius 3 is 2.56 bits per heavy atom. The molecule has 1 atom stereocenters. The van der Waals surface area contributed by atoms with Gasteiger partial charge >= 0.3 is 6.09 Å². The summed E-state index contributed by atoms with van der Waals surface area (Å²) in [6, 6.07) is 0.184. The number of ether oxygens (including phenoxy) is 1. The molecule has 0 saturated carbocycles. The molecule has 2 N–H and O–H groups in total. The standard InChI is InChI=1S/C12H24N2O2/c1-11(2,3)16-10(15)14-9-6-7-13-8-12(9,4)5/h9,13H,6-8H2,1-5H3,(H,14,15)/t9-/m0/s1. The number of amides is 1. The van der Waals surface area contributed by atoms with Crippen LogP contribution in [0.3, 0.4) is 0 Å². The second-order valence-electron chi connectivity index (χ2n) is 6.15. The van der Waals surface area contributed by atoms with E-state index in [2.05, 4.69) is 24.5 Å². The number of alkyl carbamates (subject to hydrolysis) is 1. The van der Waals surface area contributed by atoms with E-state index in [0.717, 1.165) is 19.5 Å². The number of hydrogen-bond acceptors (Lipinski definition) is 3. The lowest BCUT2D eigenvalue weighted by Gasteiger charge is -2.39. The predicted octanol–water partition coefficient (Wildman–Crippen LogP) is 1.90. The molecule has 0 unspecified atom stereocenters. The van der Waals surface area contributed by atoms with Crippen LogP contribution in [0, 0.1) is 5.41 Å². The summed E-state index contributed by atoms with van der Waals surface area (Å²) in [5.74, 6) is 0. The highest BCUT2D eigenvalue weighted by Crippen LogP contribution is 2.25. The van der Waals surface area contributed by atoms with Crippen molar-refractivity contribution in [3.8, 4) is 0 Å². The number of nitrogens with one attached hydrogen (secondary N) is 2. The average molecular weight is 228 g/mol. The van der Waals surface area contributed by atoms with Gasteiger partial charge in [0.15, 0.2) is 0 Å². The summed E-state index contributed by atoms with van der Waals surface area (Å²) in [4.78, 5) is 11.7. The van der Waals surface area contributed by atoms with E-state index < -0.39 is 5.60 Å². The van der Waals surface area contributed by atoms with Gasteiger partial charge in [-0.05, 0) is 39.2 Å². The van der Waals surface area contributed by atoms with E-state index in [-0.39, 0.29) is 17.6 Å². The van der Waals surface area contributed by atoms with Crippen molar-refractivity contribution in [3.63, 3.8) is 0 Å². The van der Waals surface area contributed by atoms with Gasteiger partial charge in [-0.3, -0.25) is 0 Å². The monoisotopic (exact) mass is 228 g/mol. The Hall–Kier alpha value is -0.770. The molecule has 1 rings (SSSR count). The zero-order chi connectivity index (χ0) is 12.4. The van der Waals surface area contributed by atoms with E-state index in [1.54, 1.807) is 0 Å². The minimum Gasteiger partial charge on any atom is -0.444 e. The predicted molar refractivity (Wildman–Crippen MR) is 64.4 cm³/mol. The number of carbonyl (C=O) groups is 1. The van der Waals surface area contributed by atoms with Crippen molar-refractivity contribution in [2.45, 2.75) is 52.7 Å². The van der Waals surface area contributed by atoms with Crippen LogP contribution >= 0.6 is 0 Å². The van der Waals surface area contributed by atoms with E-state index in [9.17, 15) is 4.79 Å². The molecule has 4 heteroatoms. The summed E-state index contributed by atoms with van der Waals surface area (Å²) >= 11 is 0. The third kappa shape index (κ3) is 4.00. The minimum atomic E-state index is -0.429. The van der Waals surface area contributed by atoms with Gasteiger partial charge in [0.2, 0.25) is 0 Å². The van der Waals surface area contributed by atoms with Crippen LogP contribution in [0.4, 0.5) is 4.79 Å². The first kappa shape index (κ1) is 13.3. The van der Waals surface area contributed by atoms with Crippen molar-refractivity contribution in [1.29, 1.82) is 0 Å². The van der Waals surface area contributed by atoms with Gasteiger partial charge < -0.3 is 15.4 Å². The van der Waals surface area contributed by atoms with Gasteiger partial charge in [-0.15, -0.1) is 0 Å². The maximum absolute atomic E-state index is 11.7. The van der Waals surface area contributed by atoms with E-state index in [1.807, 2.05) is 20.8 Å². The fourth-order valence-electron chi connectivity index (χ4n) is 1.89. The van der Waals surface area contributed by atoms with Crippen molar-refractivity contribution in [1.82, 2.24) is 10.6 Å². The fourth-order valence-corrected chi connectivity index (χ4v) is 1.89. The average Bonchev–Trinajstić information content (AvgIpc) is 2.05. The second-order valence-corrected chi connectivity index (χ2v) is 6.15. The summed E-state index contributed by atoms with van der Waals surface area (Å²) < 4.78 is 5.26. The lowest BCUT2D eigenvalue weighted by Crippen LogP contribution is -2.55. The maximum atomic E-state index is 11.7. The van der Waals surface area contributed by atoms with Crippen molar-refractivity contribution in [2.75, 3.05) is 13.1 Å². The Labute approximate surface area is 98.1 Å². The van der Waals surface area contributed by atoms with Crippen molar-refractivity contribution in [2.24, 2.45) is 5.41 Å². The SMILES string of the molecule is CC(C)(C)OC(=O)N[C@H]1CCNCC1(C)C. The van der Waals surface area contributed by atoms with E-state index in [4.69, 9.17) is 4.74 Å². The third-order valence-corrected chi connectivity index (χ3v) is 2.82. The highest BCUT2D eigenvalue weighted by Gasteiger charge is 2.34. The molecular formula is C12H24N2O2. The van der Waals surface area contributed by atoms with Crippen LogP contribution < -0.4 is 10.6 Å². The molecule has 1 aliphatic heterocycles. The first-order valence-electron chi connectivity index (χ1n) is 5.91. The first-order chi connectivity index (χ1) is 7.21. The Kier molecular flexibility index (Phi) is 3.84. The highest BCUT2D eigenvalue weighted by atomic mass is 16.6. The third-order valence-electron chi connectivity index (χ3n) is 2.82. The van der Waals surface area contributed by atoms with Gasteiger partial charge in [0.25, 0.3) is 0 Å². The Bertz CT molecular complexity index is 256. The Morgan fingerprint density at radius 2 is 2.06 bits per heavy atom. The van der Waals surface area contributed by atoms with Crippen molar-refractivity contribution < 1.29 is 9.53 Å². The molecular weight excluding hydrogens is 204 g/mol. The summed E-state index contributed by atoms with van der Waals surface area (Å²) in [7, 11) is 0. The molecule has 0 aromatic heterocycles. The molecule has 0 bridgehead atoms. The molecule has 1 saturated heterocycles. The molecule has 4 nitrogen and oxygen atoms in total. The first-order valence-corrected chi connectivity index (χ1v) is 5.91. The lowest BCUT2D eigenvalue weighted by atomic mass is 9.80. The number of hydrogen-bond donors (Lipinski definition) is 2. The lowest BCUT2D eigenvalue weighted by molar-refractivity contribution is 0.0434. The molecule has 0 aliphatic carbocycles. The van der Waals surface area contributed by atoms with E-state index >= 15 is 0 Å². The molecule has 16 heavy (non-hydrogen) atoms. The molecule has 1 amide bonds. The van der Waals surface area contributed by atoms with Gasteiger partial charge in [0.1, 0.15) is 5.60 Å². The second kappa shape index (κ2) is 4.62. The molecule has 0 spiro atoms. The molecule has 0 radical (unpaired) electrons. The van der Waals surface area contributed by atoms with Crippen LogP contribution in [0.5, 0.6) is 0 Å². The largest absolute Gasteiger partial charge is 0.444 e. The molecule has 0 aromatic carbocycles. The van der Waals surface area contributed by atoms with Crippen LogP contribution in [0.25, 0.3) is 0 Å². The summed E-state index contributed by atoms with van der Waals surface area (Å²) in [5, 5.41) is 6.30. The zero-order valence-electron chi connectivity index (χ0n) is 11.0. The van der Waals surface area contributed by atoms with Crippen molar-refractivity contribution in [3.05, 3.63) is 0 Å². The molecule has 1 heterocycles. The van der Waals surface area contributed by atoms with Gasteiger partial charge in [-0.1, -0.05) is 13.8 Å². The number of piperidine rings is 1.